The van der Waals surface area contributed by atoms with Crippen LogP contribution in [0.2, 0.25) is 0 Å². The molecule has 0 bridgehead atoms. The molecule has 2 aromatic carbocycles. The Labute approximate surface area is 252 Å². The van der Waals surface area contributed by atoms with Gasteiger partial charge in [-0.2, -0.15) is 0 Å². The number of carbonyl (C=O) groups is 3. The molecule has 0 saturated carbocycles. The largest absolute Gasteiger partial charge is 0.506 e. The van der Waals surface area contributed by atoms with Crippen molar-refractivity contribution >= 4 is 23.4 Å². The first kappa shape index (κ1) is 31.1. The maximum atomic E-state index is 13.6. The molecule has 0 unspecified atom stereocenters. The molecule has 4 aromatic rings. The van der Waals surface area contributed by atoms with Gasteiger partial charge in [-0.25, -0.2) is 0 Å². The predicted octanol–water partition coefficient (Wildman–Crippen LogP) is 6.23. The van der Waals surface area contributed by atoms with E-state index in [4.69, 9.17) is 0 Å². The molecular formula is C35H40N4O4. The Hall–Kier alpha value is -4.85. The monoisotopic (exact) mass is 580 g/mol. The van der Waals surface area contributed by atoms with Crippen molar-refractivity contribution in [2.45, 2.75) is 66.5 Å². The van der Waals surface area contributed by atoms with E-state index in [1.807, 2.05) is 88.4 Å². The van der Waals surface area contributed by atoms with Crippen LogP contribution in [0.4, 0.5) is 0 Å². The average Bonchev–Trinajstić information content (AvgIpc) is 3.62. The molecular weight excluding hydrogens is 540 g/mol. The standard InChI is InChI=1S/C35H40N4O4/c1-5-24-26(7-3)32(34(42)36-20-22-15-11-9-12-16-22)38-30(24)28(40)19-29(41)31-25(6-2)27(8-4)33(39-31)35(43)37-21-23-17-13-10-14-18-23/h9-19,38-40H,5-8,20-21H2,1-4H3,(H,36,42)(H,37,43)/b28-19-. The number of rotatable bonds is 13. The highest BCUT2D eigenvalue weighted by molar-refractivity contribution is 6.09. The summed E-state index contributed by atoms with van der Waals surface area (Å²) in [5.41, 5.74) is 6.41. The quantitative estimate of drug-likeness (QED) is 0.0729. The zero-order valence-corrected chi connectivity index (χ0v) is 25.3. The maximum absolute atomic E-state index is 13.6. The molecule has 4 rings (SSSR count). The molecule has 0 spiro atoms. The number of aliphatic hydroxyl groups is 1. The lowest BCUT2D eigenvalue weighted by atomic mass is 10.00. The van der Waals surface area contributed by atoms with Gasteiger partial charge < -0.3 is 25.7 Å². The normalized spacial score (nSPS) is 11.4. The Morgan fingerprint density at radius 2 is 0.977 bits per heavy atom. The lowest BCUT2D eigenvalue weighted by molar-refractivity contribution is 0.0937. The average molecular weight is 581 g/mol. The molecule has 2 heterocycles. The molecule has 5 N–H and O–H groups in total. The first-order valence-corrected chi connectivity index (χ1v) is 14.9. The van der Waals surface area contributed by atoms with E-state index in [2.05, 4.69) is 20.6 Å². The van der Waals surface area contributed by atoms with Gasteiger partial charge in [0.1, 0.15) is 17.1 Å². The summed E-state index contributed by atoms with van der Waals surface area (Å²) in [7, 11) is 0. The van der Waals surface area contributed by atoms with E-state index in [-0.39, 0.29) is 23.3 Å². The van der Waals surface area contributed by atoms with Crippen LogP contribution in [0.3, 0.4) is 0 Å². The van der Waals surface area contributed by atoms with Gasteiger partial charge in [0.2, 0.25) is 5.78 Å². The Kier molecular flexibility index (Phi) is 10.4. The van der Waals surface area contributed by atoms with Crippen molar-refractivity contribution in [2.75, 3.05) is 0 Å². The highest BCUT2D eigenvalue weighted by Crippen LogP contribution is 2.27. The lowest BCUT2D eigenvalue weighted by Gasteiger charge is -2.06. The number of ketones is 1. The van der Waals surface area contributed by atoms with Crippen molar-refractivity contribution in [3.05, 3.63) is 123 Å². The van der Waals surface area contributed by atoms with Crippen LogP contribution in [-0.2, 0) is 38.8 Å². The molecule has 8 heteroatoms. The summed E-state index contributed by atoms with van der Waals surface area (Å²) >= 11 is 0. The molecule has 0 aliphatic heterocycles. The van der Waals surface area contributed by atoms with Crippen LogP contribution in [-0.4, -0.2) is 32.7 Å². The number of hydrogen-bond acceptors (Lipinski definition) is 4. The summed E-state index contributed by atoms with van der Waals surface area (Å²) in [6, 6.07) is 19.2. The Morgan fingerprint density at radius 3 is 1.40 bits per heavy atom. The van der Waals surface area contributed by atoms with Crippen molar-refractivity contribution < 1.29 is 19.5 Å². The first-order valence-electron chi connectivity index (χ1n) is 14.9. The molecule has 0 atom stereocenters. The van der Waals surface area contributed by atoms with Crippen LogP contribution in [0.15, 0.2) is 66.7 Å². The molecule has 8 nitrogen and oxygen atoms in total. The number of nitrogens with one attached hydrogen (secondary N) is 4. The molecule has 2 amide bonds. The summed E-state index contributed by atoms with van der Waals surface area (Å²) in [6.45, 7) is 8.51. The minimum atomic E-state index is -0.448. The van der Waals surface area contributed by atoms with Crippen LogP contribution < -0.4 is 10.6 Å². The first-order chi connectivity index (χ1) is 20.8. The van der Waals surface area contributed by atoms with Gasteiger partial charge in [-0.3, -0.25) is 14.4 Å². The molecule has 0 fully saturated rings. The third kappa shape index (κ3) is 6.97. The number of aliphatic hydroxyl groups excluding tert-OH is 1. The Morgan fingerprint density at radius 1 is 0.605 bits per heavy atom. The topological polar surface area (TPSA) is 127 Å². The van der Waals surface area contributed by atoms with Gasteiger partial charge in [-0.05, 0) is 59.1 Å². The van der Waals surface area contributed by atoms with Crippen LogP contribution in [0.25, 0.3) is 5.76 Å². The van der Waals surface area contributed by atoms with Gasteiger partial charge in [-0.15, -0.1) is 0 Å². The van der Waals surface area contributed by atoms with Gasteiger partial charge in [0.05, 0.1) is 11.4 Å². The van der Waals surface area contributed by atoms with E-state index < -0.39 is 5.78 Å². The SMILES string of the molecule is CCc1c(C(=O)/C=C(\O)c2[nH]c(C(=O)NCc3ccccc3)c(CC)c2CC)[nH]c(C(=O)NCc2ccccc2)c1CC. The van der Waals surface area contributed by atoms with E-state index in [1.165, 1.54) is 0 Å². The number of carbonyl (C=O) groups excluding carboxylic acids is 3. The Balaban J connectivity index is 1.61. The zero-order chi connectivity index (χ0) is 30.9. The number of benzene rings is 2. The van der Waals surface area contributed by atoms with Gasteiger partial charge in [-0.1, -0.05) is 88.4 Å². The summed E-state index contributed by atoms with van der Waals surface area (Å²) in [4.78, 5) is 46.0. The van der Waals surface area contributed by atoms with Gasteiger partial charge in [0.15, 0.2) is 0 Å². The number of H-pyrrole nitrogens is 2. The van der Waals surface area contributed by atoms with Crippen molar-refractivity contribution in [1.82, 2.24) is 20.6 Å². The fraction of sp³-hybridized carbons (Fsp3) is 0.286. The maximum Gasteiger partial charge on any atom is 0.268 e. The summed E-state index contributed by atoms with van der Waals surface area (Å²) in [5.74, 6) is -1.28. The number of amides is 2. The summed E-state index contributed by atoms with van der Waals surface area (Å²) in [6.07, 6.45) is 3.39. The van der Waals surface area contributed by atoms with Crippen LogP contribution in [0, 0.1) is 0 Å². The van der Waals surface area contributed by atoms with Crippen LogP contribution >= 0.6 is 0 Å². The van der Waals surface area contributed by atoms with E-state index in [9.17, 15) is 19.5 Å². The summed E-state index contributed by atoms with van der Waals surface area (Å²) in [5, 5.41) is 17.1. The number of aromatic amines is 2. The molecule has 0 aliphatic rings. The number of allylic oxidation sites excluding steroid dienone is 1. The fourth-order valence-corrected chi connectivity index (χ4v) is 5.53. The van der Waals surface area contributed by atoms with Crippen molar-refractivity contribution in [3.8, 4) is 0 Å². The van der Waals surface area contributed by atoms with E-state index in [0.29, 0.717) is 55.9 Å². The van der Waals surface area contributed by atoms with Crippen molar-refractivity contribution in [2.24, 2.45) is 0 Å². The minimum Gasteiger partial charge on any atom is -0.506 e. The second-order valence-electron chi connectivity index (χ2n) is 10.3. The zero-order valence-electron chi connectivity index (χ0n) is 25.3. The molecule has 43 heavy (non-hydrogen) atoms. The Bertz CT molecular complexity index is 1610. The smallest absolute Gasteiger partial charge is 0.268 e. The van der Waals surface area contributed by atoms with Crippen LogP contribution in [0.5, 0.6) is 0 Å². The van der Waals surface area contributed by atoms with Gasteiger partial charge in [0.25, 0.3) is 11.8 Å². The minimum absolute atomic E-state index is 0.261. The molecule has 0 aliphatic carbocycles. The molecule has 0 radical (unpaired) electrons. The van der Waals surface area contributed by atoms with Crippen LogP contribution in [0.1, 0.15) is 98.2 Å². The summed E-state index contributed by atoms with van der Waals surface area (Å²) < 4.78 is 0. The van der Waals surface area contributed by atoms with Gasteiger partial charge >= 0.3 is 0 Å². The van der Waals surface area contributed by atoms with Crippen molar-refractivity contribution in [3.63, 3.8) is 0 Å². The highest BCUT2D eigenvalue weighted by atomic mass is 16.3. The van der Waals surface area contributed by atoms with E-state index >= 15 is 0 Å². The van der Waals surface area contributed by atoms with E-state index in [1.54, 1.807) is 0 Å². The highest BCUT2D eigenvalue weighted by Gasteiger charge is 2.25. The predicted molar refractivity (Wildman–Crippen MR) is 169 cm³/mol. The second kappa shape index (κ2) is 14.4. The number of aromatic nitrogens is 2. The fourth-order valence-electron chi connectivity index (χ4n) is 5.53. The molecule has 224 valence electrons. The van der Waals surface area contributed by atoms with Gasteiger partial charge in [0, 0.05) is 19.2 Å². The molecule has 2 aromatic heterocycles. The third-order valence-electron chi connectivity index (χ3n) is 7.67. The molecule has 0 saturated heterocycles. The lowest BCUT2D eigenvalue weighted by Crippen LogP contribution is -2.24. The van der Waals surface area contributed by atoms with Crippen molar-refractivity contribution in [1.29, 1.82) is 0 Å². The second-order valence-corrected chi connectivity index (χ2v) is 10.3. The number of hydrogen-bond donors (Lipinski definition) is 5. The third-order valence-corrected chi connectivity index (χ3v) is 7.67. The van der Waals surface area contributed by atoms with E-state index in [0.717, 1.165) is 39.5 Å².